The van der Waals surface area contributed by atoms with Crippen molar-refractivity contribution in [2.75, 3.05) is 38.0 Å². The number of rotatable bonds is 8. The number of aliphatic hydroxyl groups is 1. The number of aromatic nitrogens is 2. The molecule has 1 saturated carbocycles. The van der Waals surface area contributed by atoms with Crippen LogP contribution >= 0.6 is 0 Å². The zero-order chi connectivity index (χ0) is 26.3. The molecule has 2 aliphatic heterocycles. The molecule has 2 amide bonds. The van der Waals surface area contributed by atoms with E-state index in [1.165, 1.54) is 23.9 Å². The molecule has 9 nitrogen and oxygen atoms in total. The molecule has 1 aromatic heterocycles. The van der Waals surface area contributed by atoms with E-state index in [0.29, 0.717) is 18.3 Å². The number of carbonyl (C=O) groups is 2. The molecule has 0 spiro atoms. The van der Waals surface area contributed by atoms with Crippen LogP contribution in [-0.4, -0.2) is 81.6 Å². The maximum Gasteiger partial charge on any atom is 0.270 e. The van der Waals surface area contributed by atoms with Gasteiger partial charge >= 0.3 is 0 Å². The van der Waals surface area contributed by atoms with E-state index in [1.54, 1.807) is 6.07 Å². The molecule has 0 unspecified atom stereocenters. The van der Waals surface area contributed by atoms with Crippen molar-refractivity contribution in [2.24, 2.45) is 5.92 Å². The first-order valence-electron chi connectivity index (χ1n) is 14.2. The summed E-state index contributed by atoms with van der Waals surface area (Å²) in [6, 6.07) is 10.3. The molecule has 2 fully saturated rings. The summed E-state index contributed by atoms with van der Waals surface area (Å²) < 4.78 is 0. The van der Waals surface area contributed by atoms with Crippen molar-refractivity contribution < 1.29 is 14.7 Å². The molecule has 38 heavy (non-hydrogen) atoms. The average Bonchev–Trinajstić information content (AvgIpc) is 2.96. The van der Waals surface area contributed by atoms with Gasteiger partial charge in [-0.25, -0.2) is 9.97 Å². The van der Waals surface area contributed by atoms with E-state index in [2.05, 4.69) is 48.6 Å². The summed E-state index contributed by atoms with van der Waals surface area (Å²) in [5, 5.41) is 16.8. The standard InChI is InChI=1S/C29H40N6O3/c36-25(19-34-15-12-21-6-2-3-7-23(21)18-34)17-30-28(37)26-16-27(32-20-31-26)33-24-10-8-22(9-11-24)29(38)35-13-4-1-5-14-35/h2-3,6-7,16,20,22,24-25,36H,1,4-5,8-15,17-19H2,(H,30,37)(H,31,32,33)/t22?,24?,25-/m0/s1. The molecule has 9 heteroatoms. The zero-order valence-corrected chi connectivity index (χ0v) is 22.1. The van der Waals surface area contributed by atoms with Crippen LogP contribution in [0.4, 0.5) is 5.82 Å². The van der Waals surface area contributed by atoms with Gasteiger partial charge in [0.1, 0.15) is 17.8 Å². The minimum Gasteiger partial charge on any atom is -0.390 e. The number of hydrogen-bond acceptors (Lipinski definition) is 7. The first-order chi connectivity index (χ1) is 18.5. The molecule has 1 atom stereocenters. The van der Waals surface area contributed by atoms with Crippen LogP contribution in [0.25, 0.3) is 0 Å². The van der Waals surface area contributed by atoms with Crippen LogP contribution in [0.1, 0.15) is 66.6 Å². The third kappa shape index (κ3) is 6.88. The van der Waals surface area contributed by atoms with Crippen molar-refractivity contribution in [1.29, 1.82) is 0 Å². The van der Waals surface area contributed by atoms with E-state index in [4.69, 9.17) is 0 Å². The smallest absolute Gasteiger partial charge is 0.270 e. The lowest BCUT2D eigenvalue weighted by molar-refractivity contribution is -0.137. The Balaban J connectivity index is 1.05. The van der Waals surface area contributed by atoms with E-state index in [0.717, 1.165) is 71.1 Å². The Bertz CT molecular complexity index is 1100. The number of nitrogens with one attached hydrogen (secondary N) is 2. The number of benzene rings is 1. The van der Waals surface area contributed by atoms with Gasteiger partial charge in [0.25, 0.3) is 5.91 Å². The summed E-state index contributed by atoms with van der Waals surface area (Å²) in [4.78, 5) is 38.3. The number of anilines is 1. The van der Waals surface area contributed by atoms with Crippen molar-refractivity contribution in [3.05, 3.63) is 53.5 Å². The monoisotopic (exact) mass is 520 g/mol. The minimum absolute atomic E-state index is 0.129. The van der Waals surface area contributed by atoms with Gasteiger partial charge in [-0.05, 0) is 62.5 Å². The number of nitrogens with zero attached hydrogens (tertiary/aromatic N) is 4. The number of fused-ring (bicyclic) bond motifs is 1. The van der Waals surface area contributed by atoms with E-state index >= 15 is 0 Å². The van der Waals surface area contributed by atoms with E-state index < -0.39 is 6.10 Å². The van der Waals surface area contributed by atoms with Crippen molar-refractivity contribution in [3.8, 4) is 0 Å². The summed E-state index contributed by atoms with van der Waals surface area (Å²) in [6.45, 7) is 4.21. The molecule has 0 bridgehead atoms. The van der Waals surface area contributed by atoms with Crippen LogP contribution in [-0.2, 0) is 17.8 Å². The first-order valence-corrected chi connectivity index (χ1v) is 14.2. The summed E-state index contributed by atoms with van der Waals surface area (Å²) in [5.41, 5.74) is 2.95. The lowest BCUT2D eigenvalue weighted by atomic mass is 9.85. The summed E-state index contributed by atoms with van der Waals surface area (Å²) in [6.07, 6.45) is 8.76. The maximum absolute atomic E-state index is 12.8. The number of piperidine rings is 1. The Kier molecular flexibility index (Phi) is 8.86. The normalized spacial score (nSPS) is 22.8. The quantitative estimate of drug-likeness (QED) is 0.491. The van der Waals surface area contributed by atoms with E-state index in [-0.39, 0.29) is 30.1 Å². The molecule has 3 N–H and O–H groups in total. The van der Waals surface area contributed by atoms with Gasteiger partial charge in [-0.1, -0.05) is 24.3 Å². The SMILES string of the molecule is O=C(NC[C@H](O)CN1CCc2ccccc2C1)c1cc(NC2CCC(C(=O)N3CCCCC3)CC2)ncn1. The van der Waals surface area contributed by atoms with Crippen molar-refractivity contribution >= 4 is 17.6 Å². The molecule has 3 aliphatic rings. The summed E-state index contributed by atoms with van der Waals surface area (Å²) >= 11 is 0. The highest BCUT2D eigenvalue weighted by molar-refractivity contribution is 5.92. The Labute approximate surface area is 225 Å². The average molecular weight is 521 g/mol. The number of aliphatic hydroxyl groups excluding tert-OH is 1. The molecule has 2 aromatic rings. The van der Waals surface area contributed by atoms with Gasteiger partial charge in [0, 0.05) is 57.3 Å². The molecule has 5 rings (SSSR count). The highest BCUT2D eigenvalue weighted by Crippen LogP contribution is 2.28. The Morgan fingerprint density at radius 2 is 1.76 bits per heavy atom. The molecule has 0 radical (unpaired) electrons. The van der Waals surface area contributed by atoms with Crippen LogP contribution in [0.15, 0.2) is 36.7 Å². The third-order valence-electron chi connectivity index (χ3n) is 8.17. The fraction of sp³-hybridized carbons (Fsp3) is 0.586. The van der Waals surface area contributed by atoms with Gasteiger partial charge in [-0.15, -0.1) is 0 Å². The van der Waals surface area contributed by atoms with E-state index in [1.807, 2.05) is 6.07 Å². The molecule has 1 saturated heterocycles. The topological polar surface area (TPSA) is 111 Å². The first kappa shape index (κ1) is 26.6. The van der Waals surface area contributed by atoms with Crippen molar-refractivity contribution in [1.82, 2.24) is 25.1 Å². The maximum atomic E-state index is 12.8. The predicted molar refractivity (Wildman–Crippen MR) is 146 cm³/mol. The number of hydrogen-bond donors (Lipinski definition) is 3. The summed E-state index contributed by atoms with van der Waals surface area (Å²) in [7, 11) is 0. The lowest BCUT2D eigenvalue weighted by Gasteiger charge is -2.34. The van der Waals surface area contributed by atoms with Gasteiger partial charge in [0.15, 0.2) is 0 Å². The number of amides is 2. The fourth-order valence-electron chi connectivity index (χ4n) is 6.00. The predicted octanol–water partition coefficient (Wildman–Crippen LogP) is 2.61. The highest BCUT2D eigenvalue weighted by Gasteiger charge is 2.30. The van der Waals surface area contributed by atoms with Crippen molar-refractivity contribution in [2.45, 2.75) is 70.1 Å². The molecule has 3 heterocycles. The molecule has 204 valence electrons. The van der Waals surface area contributed by atoms with Gasteiger partial charge in [0.2, 0.25) is 5.91 Å². The lowest BCUT2D eigenvalue weighted by Crippen LogP contribution is -2.42. The largest absolute Gasteiger partial charge is 0.390 e. The van der Waals surface area contributed by atoms with Crippen LogP contribution < -0.4 is 10.6 Å². The molecule has 1 aliphatic carbocycles. The number of β-amino-alcohol motifs (C(OH)–C–C–N with tert-alkyl or cyclic N) is 1. The second-order valence-electron chi connectivity index (χ2n) is 11.0. The van der Waals surface area contributed by atoms with Crippen LogP contribution in [0.5, 0.6) is 0 Å². The molecular formula is C29H40N6O3. The van der Waals surface area contributed by atoms with Crippen LogP contribution in [0.2, 0.25) is 0 Å². The third-order valence-corrected chi connectivity index (χ3v) is 8.17. The van der Waals surface area contributed by atoms with Crippen LogP contribution in [0.3, 0.4) is 0 Å². The minimum atomic E-state index is -0.661. The van der Waals surface area contributed by atoms with Gasteiger partial charge in [-0.2, -0.15) is 0 Å². The van der Waals surface area contributed by atoms with E-state index in [9.17, 15) is 14.7 Å². The van der Waals surface area contributed by atoms with Gasteiger partial charge in [0.05, 0.1) is 6.10 Å². The second-order valence-corrected chi connectivity index (χ2v) is 11.0. The summed E-state index contributed by atoms with van der Waals surface area (Å²) in [5.74, 6) is 0.748. The Morgan fingerprint density at radius 3 is 2.55 bits per heavy atom. The number of likely N-dealkylation sites (tertiary alicyclic amines) is 1. The molecule has 1 aromatic carbocycles. The van der Waals surface area contributed by atoms with Gasteiger partial charge < -0.3 is 20.6 Å². The highest BCUT2D eigenvalue weighted by atomic mass is 16.3. The zero-order valence-electron chi connectivity index (χ0n) is 22.1. The second kappa shape index (κ2) is 12.7. The number of carbonyl (C=O) groups excluding carboxylic acids is 2. The van der Waals surface area contributed by atoms with Crippen LogP contribution in [0, 0.1) is 5.92 Å². The Morgan fingerprint density at radius 1 is 1.00 bits per heavy atom. The molecular weight excluding hydrogens is 480 g/mol. The Hall–Kier alpha value is -3.04. The van der Waals surface area contributed by atoms with Gasteiger partial charge in [-0.3, -0.25) is 14.5 Å². The fourth-order valence-corrected chi connectivity index (χ4v) is 6.00. The van der Waals surface area contributed by atoms with Crippen molar-refractivity contribution in [3.63, 3.8) is 0 Å².